The number of anilines is 1. The lowest BCUT2D eigenvalue weighted by molar-refractivity contribution is -0.121. The van der Waals surface area contributed by atoms with Crippen molar-refractivity contribution < 1.29 is 19.1 Å². The van der Waals surface area contributed by atoms with Crippen LogP contribution in [0.2, 0.25) is 0 Å². The van der Waals surface area contributed by atoms with Crippen LogP contribution in [-0.2, 0) is 16.1 Å². The third kappa shape index (κ3) is 4.14. The van der Waals surface area contributed by atoms with Crippen LogP contribution in [0.25, 0.3) is 11.3 Å². The highest BCUT2D eigenvalue weighted by atomic mass is 32.1. The van der Waals surface area contributed by atoms with Crippen LogP contribution in [0.5, 0.6) is 5.75 Å². The van der Waals surface area contributed by atoms with Crippen molar-refractivity contribution >= 4 is 28.9 Å². The molecule has 0 saturated heterocycles. The molecular weight excluding hydrogens is 388 g/mol. The number of carbonyl (C=O) groups excluding carboxylic acids is 2. The largest absolute Gasteiger partial charge is 0.482 e. The lowest BCUT2D eigenvalue weighted by Gasteiger charge is -2.30. The zero-order chi connectivity index (χ0) is 20.4. The molecule has 29 heavy (non-hydrogen) atoms. The van der Waals surface area contributed by atoms with E-state index in [1.807, 2.05) is 49.6 Å². The number of benzene rings is 2. The quantitative estimate of drug-likeness (QED) is 0.589. The summed E-state index contributed by atoms with van der Waals surface area (Å²) < 4.78 is 10.8. The summed E-state index contributed by atoms with van der Waals surface area (Å²) in [6.07, 6.45) is -0.170. The summed E-state index contributed by atoms with van der Waals surface area (Å²) in [5, 5.41) is 1.96. The van der Waals surface area contributed by atoms with Gasteiger partial charge in [-0.3, -0.25) is 4.79 Å². The molecule has 6 nitrogen and oxygen atoms in total. The number of hydrogen-bond acceptors (Lipinski definition) is 6. The van der Waals surface area contributed by atoms with Crippen molar-refractivity contribution in [2.75, 3.05) is 11.5 Å². The van der Waals surface area contributed by atoms with Crippen LogP contribution in [0.3, 0.4) is 0 Å². The highest BCUT2D eigenvalue weighted by Gasteiger charge is 2.26. The number of rotatable bonds is 5. The van der Waals surface area contributed by atoms with E-state index in [9.17, 15) is 9.59 Å². The van der Waals surface area contributed by atoms with Crippen LogP contribution >= 0.6 is 11.3 Å². The van der Waals surface area contributed by atoms with Gasteiger partial charge >= 0.3 is 5.97 Å². The summed E-state index contributed by atoms with van der Waals surface area (Å²) in [5.41, 5.74) is 5.69. The Balaban J connectivity index is 1.58. The van der Waals surface area contributed by atoms with Gasteiger partial charge < -0.3 is 14.4 Å². The lowest BCUT2D eigenvalue weighted by Crippen LogP contribution is -2.38. The van der Waals surface area contributed by atoms with E-state index in [1.165, 1.54) is 11.3 Å². The van der Waals surface area contributed by atoms with Gasteiger partial charge in [0.05, 0.1) is 35.1 Å². The minimum absolute atomic E-state index is 0.00183. The number of ether oxygens (including phenoxy) is 2. The number of hydrogen-bond donors (Lipinski definition) is 0. The van der Waals surface area contributed by atoms with Crippen molar-refractivity contribution in [2.45, 2.75) is 26.5 Å². The monoisotopic (exact) mass is 408 g/mol. The number of nitrogens with zero attached hydrogens (tertiary/aromatic N) is 2. The van der Waals surface area contributed by atoms with E-state index < -0.39 is 0 Å². The summed E-state index contributed by atoms with van der Waals surface area (Å²) >= 11 is 1.52. The van der Waals surface area contributed by atoms with Gasteiger partial charge in [-0.15, -0.1) is 11.3 Å². The Hall–Kier alpha value is -3.19. The number of fused-ring (bicyclic) bond motifs is 1. The molecule has 2 heterocycles. The number of aromatic nitrogens is 1. The second-order valence-corrected chi connectivity index (χ2v) is 7.69. The van der Waals surface area contributed by atoms with Crippen molar-refractivity contribution in [1.82, 2.24) is 4.98 Å². The minimum Gasteiger partial charge on any atom is -0.482 e. The zero-order valence-corrected chi connectivity index (χ0v) is 16.9. The van der Waals surface area contributed by atoms with Gasteiger partial charge in [-0.25, -0.2) is 9.78 Å². The van der Waals surface area contributed by atoms with Crippen LogP contribution < -0.4 is 9.64 Å². The van der Waals surface area contributed by atoms with Gasteiger partial charge in [0.1, 0.15) is 5.75 Å². The molecule has 0 unspecified atom stereocenters. The average molecular weight is 408 g/mol. The van der Waals surface area contributed by atoms with E-state index >= 15 is 0 Å². The Labute approximate surface area is 172 Å². The van der Waals surface area contributed by atoms with Crippen molar-refractivity contribution in [3.8, 4) is 17.0 Å². The molecule has 0 N–H and O–H groups in total. The molecule has 0 aliphatic carbocycles. The molecule has 0 atom stereocenters. The molecule has 1 aliphatic rings. The fraction of sp³-hybridized carbons (Fsp3) is 0.227. The maximum Gasteiger partial charge on any atom is 0.338 e. The molecule has 1 aromatic heterocycles. The van der Waals surface area contributed by atoms with Crippen LogP contribution in [0, 0.1) is 0 Å². The molecule has 0 fully saturated rings. The number of amides is 1. The van der Waals surface area contributed by atoms with Gasteiger partial charge in [0, 0.05) is 10.9 Å². The first-order chi connectivity index (χ1) is 14.0. The maximum atomic E-state index is 12.6. The van der Waals surface area contributed by atoms with E-state index in [-0.39, 0.29) is 24.6 Å². The normalized spacial score (nSPS) is 13.2. The van der Waals surface area contributed by atoms with E-state index in [4.69, 9.17) is 9.47 Å². The maximum absolute atomic E-state index is 12.6. The Morgan fingerprint density at radius 3 is 2.72 bits per heavy atom. The lowest BCUT2D eigenvalue weighted by atomic mass is 10.1. The molecule has 0 radical (unpaired) electrons. The van der Waals surface area contributed by atoms with Crippen molar-refractivity contribution in [3.63, 3.8) is 0 Å². The second-order valence-electron chi connectivity index (χ2n) is 6.98. The van der Waals surface area contributed by atoms with Gasteiger partial charge in [-0.05, 0) is 49.7 Å². The van der Waals surface area contributed by atoms with Gasteiger partial charge in [0.25, 0.3) is 5.91 Å². The van der Waals surface area contributed by atoms with E-state index in [1.54, 1.807) is 22.5 Å². The summed E-state index contributed by atoms with van der Waals surface area (Å²) in [4.78, 5) is 30.6. The molecule has 0 spiro atoms. The second kappa shape index (κ2) is 8.05. The first-order valence-corrected chi connectivity index (χ1v) is 10.2. The van der Waals surface area contributed by atoms with Gasteiger partial charge in [-0.2, -0.15) is 0 Å². The fourth-order valence-corrected chi connectivity index (χ4v) is 3.66. The Morgan fingerprint density at radius 1 is 1.24 bits per heavy atom. The van der Waals surface area contributed by atoms with Crippen molar-refractivity contribution in [1.29, 1.82) is 0 Å². The SMILES string of the molecule is CC(C)OC(=O)c1ccc(CN2C(=O)COc3ccc(-c4cscn4)cc32)cc1. The first kappa shape index (κ1) is 19.1. The van der Waals surface area contributed by atoms with E-state index in [0.29, 0.717) is 17.9 Å². The van der Waals surface area contributed by atoms with Crippen LogP contribution in [0.15, 0.2) is 53.4 Å². The molecule has 4 rings (SSSR count). The number of esters is 1. The smallest absolute Gasteiger partial charge is 0.338 e. The third-order valence-electron chi connectivity index (χ3n) is 4.50. The summed E-state index contributed by atoms with van der Waals surface area (Å²) in [7, 11) is 0. The highest BCUT2D eigenvalue weighted by molar-refractivity contribution is 7.07. The van der Waals surface area contributed by atoms with Gasteiger partial charge in [0.2, 0.25) is 0 Å². The molecule has 1 aliphatic heterocycles. The van der Waals surface area contributed by atoms with Gasteiger partial charge in [0.15, 0.2) is 6.61 Å². The predicted octanol–water partition coefficient (Wildman–Crippen LogP) is 4.30. The predicted molar refractivity (Wildman–Crippen MR) is 111 cm³/mol. The fourth-order valence-electron chi connectivity index (χ4n) is 3.10. The molecule has 0 bridgehead atoms. The zero-order valence-electron chi connectivity index (χ0n) is 16.1. The summed E-state index contributed by atoms with van der Waals surface area (Å²) in [6, 6.07) is 12.9. The Morgan fingerprint density at radius 2 is 2.03 bits per heavy atom. The highest BCUT2D eigenvalue weighted by Crippen LogP contribution is 2.36. The molecule has 0 saturated carbocycles. The van der Waals surface area contributed by atoms with Crippen molar-refractivity contribution in [3.05, 3.63) is 64.5 Å². The number of carbonyl (C=O) groups is 2. The van der Waals surface area contributed by atoms with E-state index in [2.05, 4.69) is 4.98 Å². The first-order valence-electron chi connectivity index (χ1n) is 9.27. The summed E-state index contributed by atoms with van der Waals surface area (Å²) in [6.45, 7) is 4.01. The average Bonchev–Trinajstić information content (AvgIpc) is 3.24. The molecule has 1 amide bonds. The number of thiazole rings is 1. The molecule has 2 aromatic carbocycles. The minimum atomic E-state index is -0.354. The van der Waals surface area contributed by atoms with Crippen molar-refractivity contribution in [2.24, 2.45) is 0 Å². The molecule has 3 aromatic rings. The summed E-state index contributed by atoms with van der Waals surface area (Å²) in [5.74, 6) is 0.198. The topological polar surface area (TPSA) is 68.7 Å². The molecule has 148 valence electrons. The van der Waals surface area contributed by atoms with E-state index in [0.717, 1.165) is 22.5 Å². The molecule has 7 heteroatoms. The van der Waals surface area contributed by atoms with Crippen LogP contribution in [0.1, 0.15) is 29.8 Å². The molecular formula is C22H20N2O4S. The Bertz CT molecular complexity index is 1030. The standard InChI is InChI=1S/C22H20N2O4S/c1-14(2)28-22(26)16-5-3-15(4-6-16)10-24-19-9-17(18-12-29-13-23-18)7-8-20(19)27-11-21(24)25/h3-9,12-14H,10-11H2,1-2H3. The van der Waals surface area contributed by atoms with Gasteiger partial charge in [-0.1, -0.05) is 12.1 Å². The Kier molecular flexibility index (Phi) is 5.31. The third-order valence-corrected chi connectivity index (χ3v) is 5.09. The van der Waals surface area contributed by atoms with Crippen LogP contribution in [-0.4, -0.2) is 29.6 Å². The van der Waals surface area contributed by atoms with Crippen LogP contribution in [0.4, 0.5) is 5.69 Å².